The van der Waals surface area contributed by atoms with Crippen LogP contribution in [-0.2, 0) is 27.3 Å². The molecule has 2 fully saturated rings. The van der Waals surface area contributed by atoms with Crippen molar-refractivity contribution in [3.05, 3.63) is 94.2 Å². The number of aryl methyl sites for hydroxylation is 1. The van der Waals surface area contributed by atoms with Crippen LogP contribution in [0.3, 0.4) is 0 Å². The molecule has 3 aromatic carbocycles. The molecule has 4 aromatic rings. The number of benzene rings is 3. The highest BCUT2D eigenvalue weighted by molar-refractivity contribution is 6.08. The zero-order valence-corrected chi connectivity index (χ0v) is 30.7. The molecule has 0 bridgehead atoms. The van der Waals surface area contributed by atoms with E-state index in [1.807, 2.05) is 6.07 Å². The van der Waals surface area contributed by atoms with E-state index in [2.05, 4.69) is 31.6 Å². The number of piperidine rings is 1. The number of amides is 6. The van der Waals surface area contributed by atoms with Gasteiger partial charge in [0.2, 0.25) is 17.7 Å². The largest absolute Gasteiger partial charge is 0.387 e. The van der Waals surface area contributed by atoms with Gasteiger partial charge in [-0.25, -0.2) is 8.78 Å². The maximum absolute atomic E-state index is 15.3. The summed E-state index contributed by atoms with van der Waals surface area (Å²) in [5.41, 5.74) is 3.33. The van der Waals surface area contributed by atoms with E-state index in [1.165, 1.54) is 35.4 Å². The predicted molar refractivity (Wildman–Crippen MR) is 203 cm³/mol. The molecule has 13 nitrogen and oxygen atoms in total. The number of fused-ring (bicyclic) bond motifs is 2. The standard InChI is InChI=1S/C41H41F2N7O6/c1-44-37-28-18-27(32(43)19-33(28)47-20-29(37)39(54)48-24-9-10-24)23-7-11-26(31(42)17-23)38(53)46-16-3-2-15-45-35(51)13-8-22-5-4-6-25-30(22)21-50(41(25)56)34-12-14-36(52)49-40(34)55/h4-7,11,17-20,24,34H,2-3,8-10,12-16,21H2,1H3,(H,44,47)(H,45,51)(H,46,53)(H,48,54)(H,49,52,55). The van der Waals surface area contributed by atoms with Gasteiger partial charge in [0.25, 0.3) is 17.7 Å². The number of nitrogens with zero attached hydrogens (tertiary/aromatic N) is 2. The summed E-state index contributed by atoms with van der Waals surface area (Å²) in [6.07, 6.45) is 5.33. The molecule has 5 N–H and O–H groups in total. The van der Waals surface area contributed by atoms with Crippen molar-refractivity contribution in [1.29, 1.82) is 0 Å². The fourth-order valence-corrected chi connectivity index (χ4v) is 7.23. The van der Waals surface area contributed by atoms with Gasteiger partial charge in [-0.05, 0) is 79.5 Å². The van der Waals surface area contributed by atoms with Crippen molar-refractivity contribution in [1.82, 2.24) is 31.2 Å². The summed E-state index contributed by atoms with van der Waals surface area (Å²) in [4.78, 5) is 81.0. The summed E-state index contributed by atoms with van der Waals surface area (Å²) >= 11 is 0. The summed E-state index contributed by atoms with van der Waals surface area (Å²) in [6.45, 7) is 0.834. The van der Waals surface area contributed by atoms with Gasteiger partial charge in [-0.2, -0.15) is 0 Å². The summed E-state index contributed by atoms with van der Waals surface area (Å²) in [6, 6.07) is 11.3. The number of anilines is 1. The molecular formula is C41H41F2N7O6. The van der Waals surface area contributed by atoms with E-state index >= 15 is 8.78 Å². The van der Waals surface area contributed by atoms with Crippen LogP contribution in [0.4, 0.5) is 14.5 Å². The second-order valence-electron chi connectivity index (χ2n) is 14.2. The van der Waals surface area contributed by atoms with E-state index in [-0.39, 0.29) is 78.7 Å². The van der Waals surface area contributed by atoms with E-state index in [0.29, 0.717) is 53.5 Å². The smallest absolute Gasteiger partial charge is 0.255 e. The second kappa shape index (κ2) is 16.2. The quantitative estimate of drug-likeness (QED) is 0.0940. The maximum Gasteiger partial charge on any atom is 0.255 e. The monoisotopic (exact) mass is 765 g/mol. The highest BCUT2D eigenvalue weighted by atomic mass is 19.1. The van der Waals surface area contributed by atoms with E-state index in [4.69, 9.17) is 0 Å². The van der Waals surface area contributed by atoms with Crippen LogP contribution in [-0.4, -0.2) is 77.5 Å². The van der Waals surface area contributed by atoms with Crippen molar-refractivity contribution in [2.45, 2.75) is 70.0 Å². The number of imide groups is 1. The van der Waals surface area contributed by atoms with Gasteiger partial charge in [0.15, 0.2) is 0 Å². The highest BCUT2D eigenvalue weighted by Crippen LogP contribution is 2.34. The third-order valence-electron chi connectivity index (χ3n) is 10.4. The number of nitrogens with one attached hydrogen (secondary N) is 5. The lowest BCUT2D eigenvalue weighted by molar-refractivity contribution is -0.137. The van der Waals surface area contributed by atoms with Crippen LogP contribution in [0.1, 0.15) is 87.1 Å². The van der Waals surface area contributed by atoms with E-state index < -0.39 is 29.5 Å². The van der Waals surface area contributed by atoms with Gasteiger partial charge in [0.1, 0.15) is 17.7 Å². The third-order valence-corrected chi connectivity index (χ3v) is 10.4. The van der Waals surface area contributed by atoms with Crippen LogP contribution in [0, 0.1) is 11.6 Å². The van der Waals surface area contributed by atoms with Gasteiger partial charge in [-0.15, -0.1) is 0 Å². The van der Waals surface area contributed by atoms with Crippen LogP contribution in [0.25, 0.3) is 22.0 Å². The molecule has 3 aliphatic rings. The number of halogens is 2. The van der Waals surface area contributed by atoms with E-state index in [1.54, 1.807) is 19.2 Å². The Morgan fingerprint density at radius 1 is 0.893 bits per heavy atom. The lowest BCUT2D eigenvalue weighted by atomic mass is 9.99. The fourth-order valence-electron chi connectivity index (χ4n) is 7.23. The van der Waals surface area contributed by atoms with Crippen molar-refractivity contribution < 1.29 is 37.5 Å². The summed E-state index contributed by atoms with van der Waals surface area (Å²) in [5.74, 6) is -3.65. The highest BCUT2D eigenvalue weighted by Gasteiger charge is 2.39. The molecule has 1 saturated heterocycles. The number of hydrogen-bond donors (Lipinski definition) is 5. The number of pyridine rings is 1. The average molecular weight is 766 g/mol. The first-order chi connectivity index (χ1) is 27.0. The molecule has 1 atom stereocenters. The molecule has 0 spiro atoms. The van der Waals surface area contributed by atoms with Crippen LogP contribution in [0.2, 0.25) is 0 Å². The zero-order chi connectivity index (χ0) is 39.5. The van der Waals surface area contributed by atoms with Gasteiger partial charge in [-0.3, -0.25) is 39.1 Å². The Labute approximate surface area is 321 Å². The van der Waals surface area contributed by atoms with Gasteiger partial charge in [-0.1, -0.05) is 18.2 Å². The molecule has 7 rings (SSSR count). The molecule has 3 heterocycles. The van der Waals surface area contributed by atoms with Crippen molar-refractivity contribution in [3.63, 3.8) is 0 Å². The molecule has 1 aromatic heterocycles. The SMILES string of the molecule is CNc1c(C(=O)NC2CC2)cnc2cc(F)c(-c3ccc(C(=O)NCCCCNC(=O)CCc4cccc5c4CN(C4CCC(=O)NC4=O)C5=O)c(F)c3)cc12. The second-order valence-corrected chi connectivity index (χ2v) is 14.2. The summed E-state index contributed by atoms with van der Waals surface area (Å²) in [5, 5.41) is 14.3. The minimum atomic E-state index is -0.826. The van der Waals surface area contributed by atoms with Gasteiger partial charge < -0.3 is 26.2 Å². The predicted octanol–water partition coefficient (Wildman–Crippen LogP) is 4.13. The molecule has 1 aliphatic carbocycles. The van der Waals surface area contributed by atoms with Gasteiger partial charge in [0, 0.05) is 74.3 Å². The molecule has 0 radical (unpaired) electrons. The van der Waals surface area contributed by atoms with Crippen LogP contribution in [0.5, 0.6) is 0 Å². The van der Waals surface area contributed by atoms with Crippen LogP contribution >= 0.6 is 0 Å². The van der Waals surface area contributed by atoms with E-state index in [0.717, 1.165) is 30.0 Å². The Morgan fingerprint density at radius 2 is 1.68 bits per heavy atom. The zero-order valence-electron chi connectivity index (χ0n) is 30.7. The van der Waals surface area contributed by atoms with Gasteiger partial charge >= 0.3 is 0 Å². The molecular weight excluding hydrogens is 724 g/mol. The first-order valence-corrected chi connectivity index (χ1v) is 18.7. The Bertz CT molecular complexity index is 2280. The number of aromatic nitrogens is 1. The molecule has 2 aliphatic heterocycles. The number of carbonyl (C=O) groups is 6. The average Bonchev–Trinajstić information content (AvgIpc) is 3.94. The third kappa shape index (κ3) is 8.07. The van der Waals surface area contributed by atoms with Crippen molar-refractivity contribution >= 4 is 52.0 Å². The Hall–Kier alpha value is -6.25. The number of unbranched alkanes of at least 4 members (excludes halogenated alkanes) is 1. The molecule has 290 valence electrons. The van der Waals surface area contributed by atoms with Gasteiger partial charge in [0.05, 0.1) is 22.3 Å². The van der Waals surface area contributed by atoms with E-state index in [9.17, 15) is 28.8 Å². The minimum Gasteiger partial charge on any atom is -0.387 e. The maximum atomic E-state index is 15.3. The summed E-state index contributed by atoms with van der Waals surface area (Å²) < 4.78 is 30.5. The molecule has 1 unspecified atom stereocenters. The fraction of sp³-hybridized carbons (Fsp3) is 0.341. The molecule has 56 heavy (non-hydrogen) atoms. The first-order valence-electron chi connectivity index (χ1n) is 18.7. The van der Waals surface area contributed by atoms with Crippen molar-refractivity contribution in [3.8, 4) is 11.1 Å². The van der Waals surface area contributed by atoms with Crippen molar-refractivity contribution in [2.24, 2.45) is 0 Å². The van der Waals surface area contributed by atoms with Crippen molar-refractivity contribution in [2.75, 3.05) is 25.5 Å². The first kappa shape index (κ1) is 38.0. The number of hydrogen-bond acceptors (Lipinski definition) is 8. The Balaban J connectivity index is 0.874. The number of rotatable bonds is 14. The summed E-state index contributed by atoms with van der Waals surface area (Å²) in [7, 11) is 1.65. The van der Waals surface area contributed by atoms with Crippen LogP contribution < -0.4 is 26.6 Å². The molecule has 15 heteroatoms. The molecule has 6 amide bonds. The lowest BCUT2D eigenvalue weighted by Gasteiger charge is -2.29. The Kier molecular flexibility index (Phi) is 11.0. The normalized spacial score (nSPS) is 16.4. The topological polar surface area (TPSA) is 179 Å². The Morgan fingerprint density at radius 3 is 2.41 bits per heavy atom. The minimum absolute atomic E-state index is 0.0858. The van der Waals surface area contributed by atoms with Crippen LogP contribution in [0.15, 0.2) is 54.7 Å². The molecule has 1 saturated carbocycles. The lowest BCUT2D eigenvalue weighted by Crippen LogP contribution is -2.52. The number of carbonyl (C=O) groups excluding carboxylic acids is 6.